The van der Waals surface area contributed by atoms with Gasteiger partial charge in [-0.25, -0.2) is 0 Å². The highest BCUT2D eigenvalue weighted by atomic mass is 32.2. The predicted molar refractivity (Wildman–Crippen MR) is 144 cm³/mol. The van der Waals surface area contributed by atoms with Gasteiger partial charge in [0.25, 0.3) is 5.91 Å². The van der Waals surface area contributed by atoms with Crippen LogP contribution in [-0.4, -0.2) is 43.8 Å². The molecule has 4 rings (SSSR count). The Bertz CT molecular complexity index is 1250. The summed E-state index contributed by atoms with van der Waals surface area (Å²) in [6, 6.07) is 15.4. The molecule has 8 heteroatoms. The summed E-state index contributed by atoms with van der Waals surface area (Å²) in [6.45, 7) is 11.3. The van der Waals surface area contributed by atoms with E-state index in [-0.39, 0.29) is 23.6 Å². The average Bonchev–Trinajstić information content (AvgIpc) is 3.50. The first-order valence-electron chi connectivity index (χ1n) is 12.3. The lowest BCUT2D eigenvalue weighted by Crippen LogP contribution is -2.32. The number of hydrogen-bond acceptors (Lipinski definition) is 5. The fourth-order valence-electron chi connectivity index (χ4n) is 4.61. The summed E-state index contributed by atoms with van der Waals surface area (Å²) in [5.74, 6) is 1.16. The van der Waals surface area contributed by atoms with Crippen LogP contribution in [0.1, 0.15) is 66.0 Å². The van der Waals surface area contributed by atoms with Gasteiger partial charge in [0.2, 0.25) is 5.91 Å². The molecule has 1 aromatic heterocycles. The molecule has 1 atom stereocenters. The molecule has 2 amide bonds. The van der Waals surface area contributed by atoms with Crippen LogP contribution in [0, 0.1) is 6.92 Å². The van der Waals surface area contributed by atoms with Crippen molar-refractivity contribution in [3.05, 3.63) is 83.7 Å². The molecular weight excluding hydrogens is 470 g/mol. The maximum Gasteiger partial charge on any atom is 0.254 e. The van der Waals surface area contributed by atoms with E-state index in [4.69, 9.17) is 0 Å². The van der Waals surface area contributed by atoms with E-state index in [1.54, 1.807) is 6.08 Å². The lowest BCUT2D eigenvalue weighted by molar-refractivity contribution is -0.113. The third-order valence-corrected chi connectivity index (χ3v) is 7.29. The van der Waals surface area contributed by atoms with Crippen LogP contribution < -0.4 is 5.32 Å². The van der Waals surface area contributed by atoms with Crippen LogP contribution in [0.15, 0.2) is 66.3 Å². The molecule has 0 aliphatic carbocycles. The second-order valence-corrected chi connectivity index (χ2v) is 10.3. The first-order chi connectivity index (χ1) is 17.4. The van der Waals surface area contributed by atoms with Crippen molar-refractivity contribution in [1.29, 1.82) is 0 Å². The van der Waals surface area contributed by atoms with Crippen molar-refractivity contribution < 1.29 is 9.59 Å². The molecule has 1 unspecified atom stereocenters. The van der Waals surface area contributed by atoms with Crippen molar-refractivity contribution >= 4 is 29.3 Å². The summed E-state index contributed by atoms with van der Waals surface area (Å²) in [7, 11) is 0. The second-order valence-electron chi connectivity index (χ2n) is 9.34. The van der Waals surface area contributed by atoms with Crippen molar-refractivity contribution in [3.8, 4) is 0 Å². The first kappa shape index (κ1) is 25.7. The number of benzene rings is 2. The van der Waals surface area contributed by atoms with Crippen molar-refractivity contribution in [2.45, 2.75) is 57.3 Å². The van der Waals surface area contributed by atoms with E-state index in [1.807, 2.05) is 64.9 Å². The van der Waals surface area contributed by atoms with Gasteiger partial charge < -0.3 is 14.8 Å². The number of para-hydroxylation sites is 1. The van der Waals surface area contributed by atoms with Gasteiger partial charge in [0.05, 0.1) is 11.8 Å². The van der Waals surface area contributed by atoms with Gasteiger partial charge in [-0.2, -0.15) is 0 Å². The van der Waals surface area contributed by atoms with Gasteiger partial charge in [0, 0.05) is 24.3 Å². The van der Waals surface area contributed by atoms with E-state index in [0.29, 0.717) is 29.7 Å². The maximum atomic E-state index is 13.3. The summed E-state index contributed by atoms with van der Waals surface area (Å²) >= 11 is 1.34. The van der Waals surface area contributed by atoms with Crippen LogP contribution >= 0.6 is 11.8 Å². The van der Waals surface area contributed by atoms with E-state index in [0.717, 1.165) is 35.5 Å². The Balaban J connectivity index is 1.49. The molecule has 1 N–H and O–H groups in total. The number of aromatic nitrogens is 3. The Kier molecular flexibility index (Phi) is 8.25. The molecular formula is C28H33N5O2S. The number of nitrogens with zero attached hydrogens (tertiary/aromatic N) is 4. The van der Waals surface area contributed by atoms with Gasteiger partial charge >= 0.3 is 0 Å². The van der Waals surface area contributed by atoms with Crippen molar-refractivity contribution in [2.24, 2.45) is 0 Å². The summed E-state index contributed by atoms with van der Waals surface area (Å²) < 4.78 is 1.97. The van der Waals surface area contributed by atoms with E-state index in [1.165, 1.54) is 11.8 Å². The standard InChI is InChI=1S/C28H33N5O2S/c1-5-15-33-26(24-14-9-16-32(24)27(35)21-11-8-10-20(4)17-21)30-31-28(33)36-18-25(34)29-23-13-7-6-12-22(23)19(2)3/h5-8,10-13,17,19,24H,1,9,14-16,18H2,2-4H3,(H,29,34). The van der Waals surface area contributed by atoms with Crippen LogP contribution in [0.25, 0.3) is 0 Å². The van der Waals surface area contributed by atoms with Crippen LogP contribution in [-0.2, 0) is 11.3 Å². The summed E-state index contributed by atoms with van der Waals surface area (Å²) in [5, 5.41) is 12.5. The number of allylic oxidation sites excluding steroid dienone is 1. The number of aryl methyl sites for hydroxylation is 1. The Hall–Kier alpha value is -3.39. The molecule has 1 fully saturated rings. The summed E-state index contributed by atoms with van der Waals surface area (Å²) in [4.78, 5) is 28.0. The Morgan fingerprint density at radius 1 is 1.19 bits per heavy atom. The Labute approximate surface area is 217 Å². The van der Waals surface area contributed by atoms with Gasteiger partial charge in [-0.05, 0) is 49.4 Å². The number of carbonyl (C=O) groups excluding carboxylic acids is 2. The number of carbonyl (C=O) groups is 2. The number of rotatable bonds is 9. The van der Waals surface area contributed by atoms with E-state index in [9.17, 15) is 9.59 Å². The van der Waals surface area contributed by atoms with E-state index in [2.05, 4.69) is 35.9 Å². The van der Waals surface area contributed by atoms with Gasteiger partial charge in [-0.3, -0.25) is 9.59 Å². The van der Waals surface area contributed by atoms with Gasteiger partial charge in [0.1, 0.15) is 0 Å². The molecule has 7 nitrogen and oxygen atoms in total. The lowest BCUT2D eigenvalue weighted by Gasteiger charge is -2.25. The molecule has 3 aromatic rings. The molecule has 1 aliphatic heterocycles. The molecule has 2 heterocycles. The number of hydrogen-bond donors (Lipinski definition) is 1. The topological polar surface area (TPSA) is 80.1 Å². The molecule has 188 valence electrons. The molecule has 0 bridgehead atoms. The van der Waals surface area contributed by atoms with Crippen LogP contribution in [0.2, 0.25) is 0 Å². The number of nitrogens with one attached hydrogen (secondary N) is 1. The smallest absolute Gasteiger partial charge is 0.254 e. The molecule has 36 heavy (non-hydrogen) atoms. The van der Waals surface area contributed by atoms with Gasteiger partial charge in [-0.15, -0.1) is 16.8 Å². The highest BCUT2D eigenvalue weighted by Crippen LogP contribution is 2.34. The zero-order chi connectivity index (χ0) is 25.7. The fraction of sp³-hybridized carbons (Fsp3) is 0.357. The minimum atomic E-state index is -0.161. The molecule has 0 saturated carbocycles. The monoisotopic (exact) mass is 503 g/mol. The minimum absolute atomic E-state index is 0.00625. The number of thioether (sulfide) groups is 1. The lowest BCUT2D eigenvalue weighted by atomic mass is 10.0. The molecule has 1 aliphatic rings. The highest BCUT2D eigenvalue weighted by Gasteiger charge is 2.34. The van der Waals surface area contributed by atoms with Crippen LogP contribution in [0.5, 0.6) is 0 Å². The van der Waals surface area contributed by atoms with Crippen molar-refractivity contribution in [2.75, 3.05) is 17.6 Å². The van der Waals surface area contributed by atoms with Gasteiger partial charge in [0.15, 0.2) is 11.0 Å². The van der Waals surface area contributed by atoms with Crippen molar-refractivity contribution in [3.63, 3.8) is 0 Å². The Morgan fingerprint density at radius 2 is 2.00 bits per heavy atom. The molecule has 1 saturated heterocycles. The zero-order valence-electron chi connectivity index (χ0n) is 21.1. The highest BCUT2D eigenvalue weighted by molar-refractivity contribution is 7.99. The normalized spacial score (nSPS) is 15.3. The van der Waals surface area contributed by atoms with Gasteiger partial charge in [-0.1, -0.05) is 67.6 Å². The predicted octanol–water partition coefficient (Wildman–Crippen LogP) is 5.60. The van der Waals surface area contributed by atoms with Crippen molar-refractivity contribution in [1.82, 2.24) is 19.7 Å². The van der Waals surface area contributed by atoms with Crippen LogP contribution in [0.4, 0.5) is 5.69 Å². The molecule has 0 radical (unpaired) electrons. The number of likely N-dealkylation sites (tertiary alicyclic amines) is 1. The third kappa shape index (κ3) is 5.70. The van der Waals surface area contributed by atoms with E-state index < -0.39 is 0 Å². The third-order valence-electron chi connectivity index (χ3n) is 6.32. The summed E-state index contributed by atoms with van der Waals surface area (Å²) in [5.41, 5.74) is 3.68. The maximum absolute atomic E-state index is 13.3. The fourth-order valence-corrected chi connectivity index (χ4v) is 5.36. The first-order valence-corrected chi connectivity index (χ1v) is 13.3. The quantitative estimate of drug-likeness (QED) is 0.304. The zero-order valence-corrected chi connectivity index (χ0v) is 21.9. The largest absolute Gasteiger partial charge is 0.328 e. The summed E-state index contributed by atoms with van der Waals surface area (Å²) in [6.07, 6.45) is 3.52. The SMILES string of the molecule is C=CCn1c(SCC(=O)Nc2ccccc2C(C)C)nnc1C1CCCN1C(=O)c1cccc(C)c1. The number of amides is 2. The Morgan fingerprint density at radius 3 is 2.75 bits per heavy atom. The second kappa shape index (κ2) is 11.6. The molecule has 0 spiro atoms. The average molecular weight is 504 g/mol. The van der Waals surface area contributed by atoms with Crippen LogP contribution in [0.3, 0.4) is 0 Å². The molecule has 2 aromatic carbocycles. The van der Waals surface area contributed by atoms with E-state index >= 15 is 0 Å². The minimum Gasteiger partial charge on any atom is -0.328 e. The number of anilines is 1.